The third kappa shape index (κ3) is 5.94. The van der Waals surface area contributed by atoms with Gasteiger partial charge in [-0.3, -0.25) is 14.9 Å². The minimum absolute atomic E-state index is 0.0845. The molecule has 0 spiro atoms. The number of nitriles is 1. The standard InChI is InChI=1S/C28H20BrN3O5/c1-36-27-12-10-22(32(34)35)15-25(27)31-28(33)21(16-30)13-18-9-11-26(24(29)14-18)37-17-20-7-4-6-19-5-2-3-8-23(19)20/h2-15H,17H2,1H3,(H,31,33)/b21-13+. The van der Waals surface area contributed by atoms with Crippen LogP contribution in [0.5, 0.6) is 11.5 Å². The molecule has 0 atom stereocenters. The Morgan fingerprint density at radius 3 is 2.57 bits per heavy atom. The van der Waals surface area contributed by atoms with E-state index in [9.17, 15) is 20.2 Å². The zero-order valence-electron chi connectivity index (χ0n) is 19.6. The number of anilines is 1. The summed E-state index contributed by atoms with van der Waals surface area (Å²) in [5, 5.41) is 25.4. The zero-order valence-corrected chi connectivity index (χ0v) is 21.2. The van der Waals surface area contributed by atoms with Gasteiger partial charge in [0.25, 0.3) is 11.6 Å². The number of nitro benzene ring substituents is 1. The van der Waals surface area contributed by atoms with Crippen LogP contribution in [0.4, 0.5) is 11.4 Å². The number of fused-ring (bicyclic) bond motifs is 1. The number of nitro groups is 1. The Bertz CT molecular complexity index is 1570. The summed E-state index contributed by atoms with van der Waals surface area (Å²) in [4.78, 5) is 23.3. The number of rotatable bonds is 8. The van der Waals surface area contributed by atoms with Gasteiger partial charge in [0.1, 0.15) is 29.7 Å². The maximum Gasteiger partial charge on any atom is 0.271 e. The lowest BCUT2D eigenvalue weighted by Crippen LogP contribution is -2.14. The van der Waals surface area contributed by atoms with Crippen molar-refractivity contribution >= 4 is 50.1 Å². The van der Waals surface area contributed by atoms with Crippen molar-refractivity contribution in [1.29, 1.82) is 5.26 Å². The summed E-state index contributed by atoms with van der Waals surface area (Å²) < 4.78 is 11.8. The van der Waals surface area contributed by atoms with Crippen LogP contribution in [0.1, 0.15) is 11.1 Å². The van der Waals surface area contributed by atoms with Crippen molar-refractivity contribution in [2.45, 2.75) is 6.61 Å². The molecule has 4 aromatic carbocycles. The van der Waals surface area contributed by atoms with Crippen molar-refractivity contribution < 1.29 is 19.2 Å². The quantitative estimate of drug-likeness (QED) is 0.112. The van der Waals surface area contributed by atoms with Gasteiger partial charge >= 0.3 is 0 Å². The van der Waals surface area contributed by atoms with Gasteiger partial charge in [-0.05, 0) is 62.1 Å². The number of nitrogens with zero attached hydrogens (tertiary/aromatic N) is 2. The van der Waals surface area contributed by atoms with E-state index < -0.39 is 10.8 Å². The predicted octanol–water partition coefficient (Wildman–Crippen LogP) is 6.64. The number of amides is 1. The number of benzene rings is 4. The van der Waals surface area contributed by atoms with Gasteiger partial charge in [0.15, 0.2) is 0 Å². The number of nitrogens with one attached hydrogen (secondary N) is 1. The molecule has 0 aliphatic rings. The molecule has 37 heavy (non-hydrogen) atoms. The molecule has 0 saturated heterocycles. The minimum atomic E-state index is -0.728. The monoisotopic (exact) mass is 557 g/mol. The average molecular weight is 558 g/mol. The van der Waals surface area contributed by atoms with Crippen LogP contribution in [0.3, 0.4) is 0 Å². The molecule has 1 amide bonds. The molecular formula is C28H20BrN3O5. The molecule has 184 valence electrons. The van der Waals surface area contributed by atoms with E-state index in [1.807, 2.05) is 42.5 Å². The van der Waals surface area contributed by atoms with Gasteiger partial charge in [-0.2, -0.15) is 5.26 Å². The maximum atomic E-state index is 12.8. The number of methoxy groups -OCH3 is 1. The lowest BCUT2D eigenvalue weighted by atomic mass is 10.1. The van der Waals surface area contributed by atoms with Crippen molar-refractivity contribution in [3.8, 4) is 17.6 Å². The van der Waals surface area contributed by atoms with Crippen LogP contribution in [0, 0.1) is 21.4 Å². The summed E-state index contributed by atoms with van der Waals surface area (Å²) in [5.41, 5.74) is 1.31. The Morgan fingerprint density at radius 1 is 1.08 bits per heavy atom. The SMILES string of the molecule is COc1ccc([N+](=O)[O-])cc1NC(=O)/C(C#N)=C/c1ccc(OCc2cccc3ccccc23)c(Br)c1. The molecule has 0 aliphatic heterocycles. The van der Waals surface area contributed by atoms with Gasteiger partial charge in [-0.25, -0.2) is 0 Å². The van der Waals surface area contributed by atoms with Crippen LogP contribution in [0.25, 0.3) is 16.8 Å². The second-order valence-corrected chi connectivity index (χ2v) is 8.74. The lowest BCUT2D eigenvalue weighted by molar-refractivity contribution is -0.384. The van der Waals surface area contributed by atoms with E-state index in [2.05, 4.69) is 27.3 Å². The summed E-state index contributed by atoms with van der Waals surface area (Å²) >= 11 is 3.50. The summed E-state index contributed by atoms with van der Waals surface area (Å²) in [6.07, 6.45) is 1.42. The molecule has 4 rings (SSSR count). The largest absolute Gasteiger partial charge is 0.495 e. The first-order valence-electron chi connectivity index (χ1n) is 11.0. The van der Waals surface area contributed by atoms with Crippen molar-refractivity contribution in [3.63, 3.8) is 0 Å². The number of non-ortho nitro benzene ring substituents is 1. The molecule has 0 heterocycles. The van der Waals surface area contributed by atoms with Gasteiger partial charge < -0.3 is 14.8 Å². The van der Waals surface area contributed by atoms with Crippen LogP contribution in [-0.2, 0) is 11.4 Å². The minimum Gasteiger partial charge on any atom is -0.495 e. The Balaban J connectivity index is 1.51. The van der Waals surface area contributed by atoms with Crippen LogP contribution < -0.4 is 14.8 Å². The molecule has 0 aromatic heterocycles. The predicted molar refractivity (Wildman–Crippen MR) is 144 cm³/mol. The number of carbonyl (C=O) groups is 1. The van der Waals surface area contributed by atoms with E-state index in [-0.39, 0.29) is 22.7 Å². The average Bonchev–Trinajstić information content (AvgIpc) is 2.91. The fourth-order valence-corrected chi connectivity index (χ4v) is 4.22. The fourth-order valence-electron chi connectivity index (χ4n) is 3.71. The number of hydrogen-bond acceptors (Lipinski definition) is 6. The van der Waals surface area contributed by atoms with Crippen molar-refractivity contribution in [2.75, 3.05) is 12.4 Å². The lowest BCUT2D eigenvalue weighted by Gasteiger charge is -2.11. The van der Waals surface area contributed by atoms with E-state index in [4.69, 9.17) is 9.47 Å². The molecule has 0 saturated carbocycles. The summed E-state index contributed by atoms with van der Waals surface area (Å²) in [7, 11) is 1.37. The van der Waals surface area contributed by atoms with Gasteiger partial charge in [-0.15, -0.1) is 0 Å². The molecule has 4 aromatic rings. The van der Waals surface area contributed by atoms with Gasteiger partial charge in [0.2, 0.25) is 0 Å². The van der Waals surface area contributed by atoms with E-state index >= 15 is 0 Å². The Labute approximate surface area is 221 Å². The van der Waals surface area contributed by atoms with E-state index in [0.717, 1.165) is 16.3 Å². The molecule has 0 aliphatic carbocycles. The Hall–Kier alpha value is -4.68. The van der Waals surface area contributed by atoms with Crippen LogP contribution in [0.2, 0.25) is 0 Å². The van der Waals surface area contributed by atoms with E-state index in [1.54, 1.807) is 18.2 Å². The number of carbonyl (C=O) groups excluding carboxylic acids is 1. The first-order chi connectivity index (χ1) is 17.9. The Kier molecular flexibility index (Phi) is 7.81. The van der Waals surface area contributed by atoms with Crippen LogP contribution in [0.15, 0.2) is 88.9 Å². The number of ether oxygens (including phenoxy) is 2. The Morgan fingerprint density at radius 2 is 1.84 bits per heavy atom. The van der Waals surface area contributed by atoms with Crippen LogP contribution >= 0.6 is 15.9 Å². The first-order valence-corrected chi connectivity index (χ1v) is 11.8. The molecule has 8 nitrogen and oxygen atoms in total. The fraction of sp³-hybridized carbons (Fsp3) is 0.0714. The molecular weight excluding hydrogens is 538 g/mol. The third-order valence-corrected chi connectivity index (χ3v) is 6.16. The van der Waals surface area contributed by atoms with Gasteiger partial charge in [0, 0.05) is 12.1 Å². The highest BCUT2D eigenvalue weighted by Crippen LogP contribution is 2.31. The molecule has 0 unspecified atom stereocenters. The maximum absolute atomic E-state index is 12.8. The molecule has 0 fully saturated rings. The smallest absolute Gasteiger partial charge is 0.271 e. The summed E-state index contributed by atoms with van der Waals surface area (Å²) in [5.74, 6) is 0.106. The molecule has 1 N–H and O–H groups in total. The summed E-state index contributed by atoms with van der Waals surface area (Å²) in [6, 6.07) is 25.0. The van der Waals surface area contributed by atoms with E-state index in [1.165, 1.54) is 31.4 Å². The normalized spacial score (nSPS) is 11.0. The van der Waals surface area contributed by atoms with Gasteiger partial charge in [-0.1, -0.05) is 48.5 Å². The molecule has 9 heteroatoms. The highest BCUT2D eigenvalue weighted by atomic mass is 79.9. The van der Waals surface area contributed by atoms with Gasteiger partial charge in [0.05, 0.1) is 22.2 Å². The zero-order chi connectivity index (χ0) is 26.4. The highest BCUT2D eigenvalue weighted by molar-refractivity contribution is 9.10. The van der Waals surface area contributed by atoms with Crippen molar-refractivity contribution in [2.24, 2.45) is 0 Å². The highest BCUT2D eigenvalue weighted by Gasteiger charge is 2.16. The number of hydrogen-bond donors (Lipinski definition) is 1. The topological polar surface area (TPSA) is 114 Å². The van der Waals surface area contributed by atoms with Crippen molar-refractivity contribution in [1.82, 2.24) is 0 Å². The first kappa shape index (κ1) is 25.4. The van der Waals surface area contributed by atoms with E-state index in [0.29, 0.717) is 22.4 Å². The third-order valence-electron chi connectivity index (χ3n) is 5.54. The second-order valence-electron chi connectivity index (χ2n) is 7.88. The second kappa shape index (κ2) is 11.4. The summed E-state index contributed by atoms with van der Waals surface area (Å²) in [6.45, 7) is 0.367. The molecule has 0 bridgehead atoms. The molecule has 0 radical (unpaired) electrons. The number of halogens is 1. The van der Waals surface area contributed by atoms with Crippen molar-refractivity contribution in [3.05, 3.63) is 110 Å². The van der Waals surface area contributed by atoms with Crippen LogP contribution in [-0.4, -0.2) is 17.9 Å².